The molecule has 9 heteroatoms. The Hall–Kier alpha value is -3.88. The molecule has 156 valence electrons. The summed E-state index contributed by atoms with van der Waals surface area (Å²) in [5.41, 5.74) is 3.19. The van der Waals surface area contributed by atoms with Gasteiger partial charge in [0.2, 0.25) is 11.7 Å². The van der Waals surface area contributed by atoms with Crippen molar-refractivity contribution in [2.75, 3.05) is 13.1 Å². The summed E-state index contributed by atoms with van der Waals surface area (Å²) >= 11 is 0. The Kier molecular flexibility index (Phi) is 4.78. The summed E-state index contributed by atoms with van der Waals surface area (Å²) in [4.78, 5) is 28.0. The van der Waals surface area contributed by atoms with Crippen LogP contribution in [-0.4, -0.2) is 53.8 Å². The highest BCUT2D eigenvalue weighted by Gasteiger charge is 2.41. The summed E-state index contributed by atoms with van der Waals surface area (Å²) in [6.45, 7) is 2.86. The number of hydrogen-bond donors (Lipinski definition) is 0. The van der Waals surface area contributed by atoms with Crippen LogP contribution in [0, 0.1) is 6.92 Å². The minimum Gasteiger partial charge on any atom is -0.339 e. The number of aromatic nitrogens is 6. The Morgan fingerprint density at radius 3 is 2.61 bits per heavy atom. The molecule has 0 bridgehead atoms. The predicted octanol–water partition coefficient (Wildman–Crippen LogP) is 2.59. The molecule has 4 aromatic rings. The summed E-state index contributed by atoms with van der Waals surface area (Å²) in [6.07, 6.45) is 8.72. The predicted molar refractivity (Wildman–Crippen MR) is 111 cm³/mol. The number of likely N-dealkylation sites (tertiary alicyclic amines) is 1. The third kappa shape index (κ3) is 3.58. The van der Waals surface area contributed by atoms with E-state index in [9.17, 15) is 4.79 Å². The molecule has 1 saturated heterocycles. The summed E-state index contributed by atoms with van der Waals surface area (Å²) in [5, 5.41) is 8.47. The molecule has 1 aliphatic rings. The molecule has 1 aliphatic heterocycles. The zero-order valence-electron chi connectivity index (χ0n) is 17.2. The molecule has 5 heterocycles. The second kappa shape index (κ2) is 7.75. The largest absolute Gasteiger partial charge is 0.339 e. The van der Waals surface area contributed by atoms with Crippen LogP contribution in [0.1, 0.15) is 39.3 Å². The van der Waals surface area contributed by atoms with Crippen molar-refractivity contribution in [1.29, 1.82) is 0 Å². The van der Waals surface area contributed by atoms with Gasteiger partial charge in [0.25, 0.3) is 5.91 Å². The Morgan fingerprint density at radius 2 is 1.90 bits per heavy atom. The van der Waals surface area contributed by atoms with E-state index < -0.39 is 0 Å². The topological polar surface area (TPSA) is 103 Å². The van der Waals surface area contributed by atoms with Gasteiger partial charge in [0.1, 0.15) is 0 Å². The minimum atomic E-state index is -0.131. The number of amides is 1. The van der Waals surface area contributed by atoms with Crippen molar-refractivity contribution >= 4 is 5.91 Å². The maximum atomic E-state index is 13.2. The van der Waals surface area contributed by atoms with E-state index in [4.69, 9.17) is 4.52 Å². The van der Waals surface area contributed by atoms with Gasteiger partial charge >= 0.3 is 0 Å². The van der Waals surface area contributed by atoms with E-state index in [0.717, 1.165) is 11.1 Å². The van der Waals surface area contributed by atoms with Crippen molar-refractivity contribution in [3.63, 3.8) is 0 Å². The van der Waals surface area contributed by atoms with Crippen molar-refractivity contribution in [1.82, 2.24) is 34.8 Å². The Labute approximate surface area is 178 Å². The van der Waals surface area contributed by atoms with Crippen LogP contribution in [0.4, 0.5) is 0 Å². The smallest absolute Gasteiger partial charge is 0.257 e. The third-order valence-electron chi connectivity index (χ3n) is 5.66. The summed E-state index contributed by atoms with van der Waals surface area (Å²) < 4.78 is 7.32. The standard InChI is InChI=1S/C22H21N7O2/c1-14-17(11-28(2)26-14)22(30)29-12-18(16-4-3-7-24-10-16)19(13-29)21-25-20(27-31-21)15-5-8-23-9-6-15/h3-11,18-19H,12-13H2,1-2H3. The quantitative estimate of drug-likeness (QED) is 0.505. The lowest BCUT2D eigenvalue weighted by atomic mass is 9.90. The van der Waals surface area contributed by atoms with Crippen molar-refractivity contribution in [2.24, 2.45) is 7.05 Å². The summed E-state index contributed by atoms with van der Waals surface area (Å²) in [7, 11) is 1.81. The number of carbonyl (C=O) groups excluding carboxylic acids is 1. The van der Waals surface area contributed by atoms with E-state index in [1.165, 1.54) is 0 Å². The van der Waals surface area contributed by atoms with Gasteiger partial charge in [0, 0.05) is 62.6 Å². The molecule has 0 saturated carbocycles. The summed E-state index contributed by atoms with van der Waals surface area (Å²) in [5.74, 6) is 0.846. The van der Waals surface area contributed by atoms with Crippen molar-refractivity contribution < 1.29 is 9.32 Å². The van der Waals surface area contributed by atoms with E-state index in [0.29, 0.717) is 36.1 Å². The molecule has 0 N–H and O–H groups in total. The number of nitrogens with zero attached hydrogens (tertiary/aromatic N) is 7. The lowest BCUT2D eigenvalue weighted by Gasteiger charge is -2.16. The van der Waals surface area contributed by atoms with Gasteiger partial charge in [-0.1, -0.05) is 11.2 Å². The molecule has 0 aliphatic carbocycles. The maximum Gasteiger partial charge on any atom is 0.257 e. The van der Waals surface area contributed by atoms with Gasteiger partial charge in [-0.2, -0.15) is 10.1 Å². The van der Waals surface area contributed by atoms with E-state index in [1.807, 2.05) is 49.3 Å². The Morgan fingerprint density at radius 1 is 1.10 bits per heavy atom. The van der Waals surface area contributed by atoms with Crippen LogP contribution in [-0.2, 0) is 7.05 Å². The monoisotopic (exact) mass is 415 g/mol. The first-order chi connectivity index (χ1) is 15.1. The number of rotatable bonds is 4. The molecular weight excluding hydrogens is 394 g/mol. The van der Waals surface area contributed by atoms with E-state index in [-0.39, 0.29) is 17.7 Å². The highest BCUT2D eigenvalue weighted by Crippen LogP contribution is 2.40. The van der Waals surface area contributed by atoms with E-state index >= 15 is 0 Å². The second-order valence-corrected chi connectivity index (χ2v) is 7.70. The van der Waals surface area contributed by atoms with Gasteiger partial charge in [-0.3, -0.25) is 19.4 Å². The molecule has 4 aromatic heterocycles. The maximum absolute atomic E-state index is 13.2. The molecule has 1 amide bonds. The third-order valence-corrected chi connectivity index (χ3v) is 5.66. The molecular formula is C22H21N7O2. The van der Waals surface area contributed by atoms with Crippen molar-refractivity contribution in [3.05, 3.63) is 78.0 Å². The zero-order valence-corrected chi connectivity index (χ0v) is 17.2. The average molecular weight is 415 g/mol. The molecule has 0 spiro atoms. The fraction of sp³-hybridized carbons (Fsp3) is 0.273. The molecule has 5 rings (SSSR count). The number of pyridine rings is 2. The van der Waals surface area contributed by atoms with Crippen LogP contribution in [0.5, 0.6) is 0 Å². The van der Waals surface area contributed by atoms with E-state index in [2.05, 4.69) is 25.2 Å². The molecule has 0 aromatic carbocycles. The lowest BCUT2D eigenvalue weighted by molar-refractivity contribution is 0.0787. The number of aryl methyl sites for hydroxylation is 2. The summed E-state index contributed by atoms with van der Waals surface area (Å²) in [6, 6.07) is 7.60. The van der Waals surface area contributed by atoms with Gasteiger partial charge in [-0.15, -0.1) is 0 Å². The molecule has 2 atom stereocenters. The van der Waals surface area contributed by atoms with Crippen LogP contribution in [0.25, 0.3) is 11.4 Å². The number of hydrogen-bond acceptors (Lipinski definition) is 7. The first-order valence-electron chi connectivity index (χ1n) is 10.0. The van der Waals surface area contributed by atoms with Gasteiger partial charge in [0.15, 0.2) is 0 Å². The lowest BCUT2D eigenvalue weighted by Crippen LogP contribution is -2.29. The molecule has 2 unspecified atom stereocenters. The van der Waals surface area contributed by atoms with Crippen molar-refractivity contribution in [3.8, 4) is 11.4 Å². The fourth-order valence-electron chi connectivity index (χ4n) is 4.14. The minimum absolute atomic E-state index is 0.000340. The Balaban J connectivity index is 1.48. The van der Waals surface area contributed by atoms with Crippen LogP contribution >= 0.6 is 0 Å². The Bertz CT molecular complexity index is 1200. The van der Waals surface area contributed by atoms with Crippen LogP contribution in [0.3, 0.4) is 0 Å². The van der Waals surface area contributed by atoms with Crippen molar-refractivity contribution in [2.45, 2.75) is 18.8 Å². The van der Waals surface area contributed by atoms with Gasteiger partial charge < -0.3 is 9.42 Å². The van der Waals surface area contributed by atoms with Gasteiger partial charge in [-0.25, -0.2) is 0 Å². The van der Waals surface area contributed by atoms with Crippen LogP contribution in [0.2, 0.25) is 0 Å². The van der Waals surface area contributed by atoms with Crippen LogP contribution < -0.4 is 0 Å². The molecule has 31 heavy (non-hydrogen) atoms. The van der Waals surface area contributed by atoms with E-state index in [1.54, 1.807) is 29.5 Å². The van der Waals surface area contributed by atoms with Crippen LogP contribution in [0.15, 0.2) is 59.8 Å². The zero-order chi connectivity index (χ0) is 21.4. The van der Waals surface area contributed by atoms with Gasteiger partial charge in [-0.05, 0) is 30.7 Å². The first kappa shape index (κ1) is 19.1. The molecule has 9 nitrogen and oxygen atoms in total. The van der Waals surface area contributed by atoms with Gasteiger partial charge in [0.05, 0.1) is 17.2 Å². The highest BCUT2D eigenvalue weighted by molar-refractivity contribution is 5.95. The number of carbonyl (C=O) groups is 1. The molecule has 0 radical (unpaired) electrons. The second-order valence-electron chi connectivity index (χ2n) is 7.70. The molecule has 1 fully saturated rings. The normalized spacial score (nSPS) is 18.5. The highest BCUT2D eigenvalue weighted by atomic mass is 16.5. The first-order valence-corrected chi connectivity index (χ1v) is 10.0. The fourth-order valence-corrected chi connectivity index (χ4v) is 4.14. The average Bonchev–Trinajstić information content (AvgIpc) is 3.52. The SMILES string of the molecule is Cc1nn(C)cc1C(=O)N1CC(c2cccnc2)C(c2nc(-c3ccncc3)no2)C1.